The predicted octanol–water partition coefficient (Wildman–Crippen LogP) is 2.00. The van der Waals surface area contributed by atoms with Gasteiger partial charge in [-0.15, -0.1) is 0 Å². The number of hydrogen-bond donors (Lipinski definition) is 2. The molecular formula is C11H13F4NO2. The maximum atomic E-state index is 12.1. The number of halogens is 4. The Labute approximate surface area is 101 Å². The molecule has 0 radical (unpaired) electrons. The molecule has 3 nitrogen and oxygen atoms in total. The van der Waals surface area contributed by atoms with Gasteiger partial charge in [0.05, 0.1) is 0 Å². The van der Waals surface area contributed by atoms with Gasteiger partial charge in [0.25, 0.3) is 6.43 Å². The van der Waals surface area contributed by atoms with Crippen molar-refractivity contribution in [2.75, 3.05) is 6.54 Å². The van der Waals surface area contributed by atoms with Gasteiger partial charge in [0, 0.05) is 18.7 Å². The van der Waals surface area contributed by atoms with Gasteiger partial charge in [-0.3, -0.25) is 0 Å². The largest absolute Gasteiger partial charge is 0.434 e. The molecule has 0 aliphatic heterocycles. The van der Waals surface area contributed by atoms with Crippen LogP contribution in [-0.2, 0) is 6.54 Å². The number of ether oxygens (including phenoxy) is 1. The van der Waals surface area contributed by atoms with Crippen LogP contribution in [0.2, 0.25) is 0 Å². The Hall–Kier alpha value is -1.34. The Morgan fingerprint density at radius 2 is 1.83 bits per heavy atom. The van der Waals surface area contributed by atoms with Crippen molar-refractivity contribution < 1.29 is 27.4 Å². The summed E-state index contributed by atoms with van der Waals surface area (Å²) in [5, 5.41) is 11.4. The SMILES string of the molecule is OC(CNCc1ccccc1OC(F)F)C(F)F. The normalized spacial score (nSPS) is 13.1. The molecule has 1 aromatic rings. The first-order valence-electron chi connectivity index (χ1n) is 5.20. The zero-order valence-corrected chi connectivity index (χ0v) is 9.32. The van der Waals surface area contributed by atoms with Gasteiger partial charge in [-0.1, -0.05) is 18.2 Å². The van der Waals surface area contributed by atoms with Crippen molar-refractivity contribution in [1.82, 2.24) is 5.32 Å². The molecular weight excluding hydrogens is 254 g/mol. The fourth-order valence-electron chi connectivity index (χ4n) is 1.30. The minimum atomic E-state index is -2.95. The molecule has 7 heteroatoms. The molecule has 0 saturated heterocycles. The highest BCUT2D eigenvalue weighted by Gasteiger charge is 2.16. The number of alkyl halides is 4. The van der Waals surface area contributed by atoms with Crippen molar-refractivity contribution in [3.05, 3.63) is 29.8 Å². The van der Waals surface area contributed by atoms with Crippen LogP contribution in [0.15, 0.2) is 24.3 Å². The number of aliphatic hydroxyl groups is 1. The van der Waals surface area contributed by atoms with Crippen LogP contribution in [0.3, 0.4) is 0 Å². The number of para-hydroxylation sites is 1. The van der Waals surface area contributed by atoms with Crippen LogP contribution in [0.4, 0.5) is 17.6 Å². The van der Waals surface area contributed by atoms with E-state index in [2.05, 4.69) is 10.1 Å². The number of aliphatic hydroxyl groups excluding tert-OH is 1. The first-order valence-corrected chi connectivity index (χ1v) is 5.20. The van der Waals surface area contributed by atoms with Crippen molar-refractivity contribution >= 4 is 0 Å². The van der Waals surface area contributed by atoms with Gasteiger partial charge < -0.3 is 15.2 Å². The Bertz CT molecular complexity index is 363. The van der Waals surface area contributed by atoms with E-state index in [1.807, 2.05) is 0 Å². The second kappa shape index (κ2) is 7.17. The molecule has 0 amide bonds. The van der Waals surface area contributed by atoms with Crippen molar-refractivity contribution in [3.63, 3.8) is 0 Å². The molecule has 1 unspecified atom stereocenters. The van der Waals surface area contributed by atoms with Crippen molar-refractivity contribution in [2.45, 2.75) is 25.7 Å². The van der Waals surface area contributed by atoms with Crippen molar-refractivity contribution in [3.8, 4) is 5.75 Å². The molecule has 1 aromatic carbocycles. The van der Waals surface area contributed by atoms with E-state index in [1.165, 1.54) is 18.2 Å². The van der Waals surface area contributed by atoms with E-state index < -0.39 is 19.1 Å². The highest BCUT2D eigenvalue weighted by atomic mass is 19.3. The van der Waals surface area contributed by atoms with Gasteiger partial charge in [-0.05, 0) is 6.07 Å². The predicted molar refractivity (Wildman–Crippen MR) is 56.8 cm³/mol. The van der Waals surface area contributed by atoms with Gasteiger partial charge in [0.2, 0.25) is 0 Å². The first-order chi connectivity index (χ1) is 8.50. The third-order valence-corrected chi connectivity index (χ3v) is 2.15. The van der Waals surface area contributed by atoms with Crippen molar-refractivity contribution in [1.29, 1.82) is 0 Å². The van der Waals surface area contributed by atoms with E-state index in [9.17, 15) is 17.6 Å². The zero-order chi connectivity index (χ0) is 13.5. The Kier molecular flexibility index (Phi) is 5.87. The van der Waals surface area contributed by atoms with Crippen LogP contribution in [0.1, 0.15) is 5.56 Å². The van der Waals surface area contributed by atoms with Gasteiger partial charge in [0.15, 0.2) is 0 Å². The molecule has 1 atom stereocenters. The van der Waals surface area contributed by atoms with Crippen LogP contribution >= 0.6 is 0 Å². The molecule has 2 N–H and O–H groups in total. The highest BCUT2D eigenvalue weighted by molar-refractivity contribution is 5.33. The summed E-state index contributed by atoms with van der Waals surface area (Å²) in [6.45, 7) is -3.23. The summed E-state index contributed by atoms with van der Waals surface area (Å²) < 4.78 is 52.4. The van der Waals surface area contributed by atoms with Crippen LogP contribution in [-0.4, -0.2) is 30.8 Å². The van der Waals surface area contributed by atoms with Crippen LogP contribution < -0.4 is 10.1 Å². The highest BCUT2D eigenvalue weighted by Crippen LogP contribution is 2.19. The van der Waals surface area contributed by atoms with E-state index in [0.717, 1.165) is 0 Å². The minimum absolute atomic E-state index is 0.0217. The molecule has 0 heterocycles. The van der Waals surface area contributed by atoms with E-state index in [-0.39, 0.29) is 18.8 Å². The van der Waals surface area contributed by atoms with E-state index in [0.29, 0.717) is 5.56 Å². The van der Waals surface area contributed by atoms with Gasteiger partial charge in [-0.2, -0.15) is 8.78 Å². The first kappa shape index (κ1) is 14.7. The van der Waals surface area contributed by atoms with E-state index in [1.54, 1.807) is 6.07 Å². The Morgan fingerprint density at radius 1 is 1.17 bits per heavy atom. The average Bonchev–Trinajstić information content (AvgIpc) is 2.30. The summed E-state index contributed by atoms with van der Waals surface area (Å²) in [5.41, 5.74) is 0.402. The van der Waals surface area contributed by atoms with E-state index >= 15 is 0 Å². The number of hydrogen-bond acceptors (Lipinski definition) is 3. The summed E-state index contributed by atoms with van der Waals surface area (Å²) in [6, 6.07) is 6.01. The molecule has 0 aliphatic carbocycles. The van der Waals surface area contributed by atoms with Gasteiger partial charge in [-0.25, -0.2) is 8.78 Å². The summed E-state index contributed by atoms with van der Waals surface area (Å²) in [6.07, 6.45) is -4.63. The molecule has 0 spiro atoms. The maximum Gasteiger partial charge on any atom is 0.387 e. The van der Waals surface area contributed by atoms with Crippen LogP contribution in [0.5, 0.6) is 5.75 Å². The molecule has 102 valence electrons. The Balaban J connectivity index is 2.51. The lowest BCUT2D eigenvalue weighted by Crippen LogP contribution is -2.31. The standard InChI is InChI=1S/C11H13F4NO2/c12-10(13)8(17)6-16-5-7-3-1-2-4-9(7)18-11(14)15/h1-4,8,10-11,16-17H,5-6H2. The average molecular weight is 267 g/mol. The van der Waals surface area contributed by atoms with Gasteiger partial charge in [0.1, 0.15) is 11.9 Å². The third-order valence-electron chi connectivity index (χ3n) is 2.15. The molecule has 18 heavy (non-hydrogen) atoms. The zero-order valence-electron chi connectivity index (χ0n) is 9.32. The van der Waals surface area contributed by atoms with Crippen LogP contribution in [0.25, 0.3) is 0 Å². The second-order valence-electron chi connectivity index (χ2n) is 3.52. The summed E-state index contributed by atoms with van der Waals surface area (Å²) >= 11 is 0. The lowest BCUT2D eigenvalue weighted by Gasteiger charge is -2.13. The molecule has 0 aromatic heterocycles. The smallest absolute Gasteiger partial charge is 0.387 e. The fourth-order valence-corrected chi connectivity index (χ4v) is 1.30. The second-order valence-corrected chi connectivity index (χ2v) is 3.52. The molecule has 0 fully saturated rings. The minimum Gasteiger partial charge on any atom is -0.434 e. The summed E-state index contributed by atoms with van der Waals surface area (Å²) in [7, 11) is 0. The maximum absolute atomic E-state index is 12.1. The Morgan fingerprint density at radius 3 is 2.44 bits per heavy atom. The monoisotopic (exact) mass is 267 g/mol. The van der Waals surface area contributed by atoms with E-state index in [4.69, 9.17) is 5.11 Å². The molecule has 0 bridgehead atoms. The fraction of sp³-hybridized carbons (Fsp3) is 0.455. The summed E-state index contributed by atoms with van der Waals surface area (Å²) in [4.78, 5) is 0. The van der Waals surface area contributed by atoms with Crippen molar-refractivity contribution in [2.24, 2.45) is 0 Å². The molecule has 0 aliphatic rings. The number of benzene rings is 1. The molecule has 1 rings (SSSR count). The lowest BCUT2D eigenvalue weighted by molar-refractivity contribution is -0.0505. The summed E-state index contributed by atoms with van der Waals surface area (Å²) in [5.74, 6) is -0.0217. The third kappa shape index (κ3) is 4.89. The van der Waals surface area contributed by atoms with Gasteiger partial charge >= 0.3 is 6.61 Å². The number of rotatable bonds is 7. The van der Waals surface area contributed by atoms with Crippen LogP contribution in [0, 0.1) is 0 Å². The quantitative estimate of drug-likeness (QED) is 0.742. The lowest BCUT2D eigenvalue weighted by atomic mass is 10.2. The molecule has 0 saturated carbocycles. The topological polar surface area (TPSA) is 41.5 Å². The number of nitrogens with one attached hydrogen (secondary N) is 1.